The molecule has 0 aliphatic rings. The van der Waals surface area contributed by atoms with E-state index in [0.29, 0.717) is 16.7 Å². The van der Waals surface area contributed by atoms with E-state index in [1.165, 1.54) is 0 Å². The summed E-state index contributed by atoms with van der Waals surface area (Å²) in [5.74, 6) is 0.789. The predicted molar refractivity (Wildman–Crippen MR) is 108 cm³/mol. The van der Waals surface area contributed by atoms with Gasteiger partial charge in [0, 0.05) is 22.3 Å². The van der Waals surface area contributed by atoms with Gasteiger partial charge in [-0.25, -0.2) is 4.98 Å². The van der Waals surface area contributed by atoms with Gasteiger partial charge >= 0.3 is 0 Å². The van der Waals surface area contributed by atoms with Crippen LogP contribution in [-0.4, -0.2) is 37.1 Å². The van der Waals surface area contributed by atoms with Crippen molar-refractivity contribution in [2.45, 2.75) is 20.3 Å². The Kier molecular flexibility index (Phi) is 7.30. The van der Waals surface area contributed by atoms with Crippen LogP contribution in [0, 0.1) is 6.92 Å². The van der Waals surface area contributed by atoms with Crippen molar-refractivity contribution in [1.82, 2.24) is 9.88 Å². The maximum absolute atomic E-state index is 6.11. The number of aromatic nitrogens is 1. The molecule has 0 aliphatic heterocycles. The molecule has 3 nitrogen and oxygen atoms in total. The van der Waals surface area contributed by atoms with Crippen LogP contribution in [-0.2, 0) is 0 Å². The maximum atomic E-state index is 6.11. The third-order valence-corrected chi connectivity index (χ3v) is 4.14. The van der Waals surface area contributed by atoms with E-state index in [0.717, 1.165) is 41.2 Å². The van der Waals surface area contributed by atoms with Gasteiger partial charge in [-0.2, -0.15) is 0 Å². The Labute approximate surface area is 160 Å². The smallest absolute Gasteiger partial charge is 0.144 e. The van der Waals surface area contributed by atoms with Gasteiger partial charge in [0.05, 0.1) is 6.61 Å². The molecule has 0 saturated heterocycles. The lowest BCUT2D eigenvalue weighted by Gasteiger charge is -2.12. The van der Waals surface area contributed by atoms with Crippen LogP contribution in [0.4, 0.5) is 0 Å². The van der Waals surface area contributed by atoms with Gasteiger partial charge in [-0.15, -0.1) is 0 Å². The summed E-state index contributed by atoms with van der Waals surface area (Å²) in [4.78, 5) is 6.76. The van der Waals surface area contributed by atoms with E-state index >= 15 is 0 Å². The number of allylic oxidation sites excluding steroid dienone is 1. The van der Waals surface area contributed by atoms with E-state index in [-0.39, 0.29) is 0 Å². The molecule has 0 bridgehead atoms. The molecule has 0 fully saturated rings. The second-order valence-electron chi connectivity index (χ2n) is 6.33. The van der Waals surface area contributed by atoms with Crippen molar-refractivity contribution >= 4 is 34.9 Å². The lowest BCUT2D eigenvalue weighted by molar-refractivity contribution is 0.280. The molecule has 0 unspecified atom stereocenters. The van der Waals surface area contributed by atoms with Gasteiger partial charge in [-0.05, 0) is 81.9 Å². The first-order valence-corrected chi connectivity index (χ1v) is 9.00. The van der Waals surface area contributed by atoms with E-state index in [4.69, 9.17) is 27.9 Å². The monoisotopic (exact) mass is 378 g/mol. The average molecular weight is 379 g/mol. The predicted octanol–water partition coefficient (Wildman–Crippen LogP) is 5.59. The highest BCUT2D eigenvalue weighted by atomic mass is 35.5. The third kappa shape index (κ3) is 6.35. The van der Waals surface area contributed by atoms with Crippen LogP contribution in [0.3, 0.4) is 0 Å². The molecule has 1 aromatic carbocycles. The van der Waals surface area contributed by atoms with Gasteiger partial charge in [-0.3, -0.25) is 0 Å². The first-order valence-electron chi connectivity index (χ1n) is 8.25. The molecule has 2 aromatic rings. The molecule has 0 spiro atoms. The van der Waals surface area contributed by atoms with Crippen LogP contribution in [0.15, 0.2) is 30.3 Å². The topological polar surface area (TPSA) is 25.4 Å². The highest BCUT2D eigenvalue weighted by Gasteiger charge is 2.07. The summed E-state index contributed by atoms with van der Waals surface area (Å²) in [6.07, 6.45) is 2.98. The number of ether oxygens (including phenoxy) is 1. The van der Waals surface area contributed by atoms with Gasteiger partial charge in [-0.1, -0.05) is 23.2 Å². The number of rotatable bonds is 7. The number of nitrogens with zero attached hydrogens (tertiary/aromatic N) is 2. The van der Waals surface area contributed by atoms with Crippen molar-refractivity contribution in [3.05, 3.63) is 57.3 Å². The second kappa shape index (κ2) is 9.23. The first kappa shape index (κ1) is 19.8. The Morgan fingerprint density at radius 2 is 1.84 bits per heavy atom. The number of hydrogen-bond acceptors (Lipinski definition) is 3. The van der Waals surface area contributed by atoms with Gasteiger partial charge < -0.3 is 9.64 Å². The highest BCUT2D eigenvalue weighted by molar-refractivity contribution is 6.34. The van der Waals surface area contributed by atoms with Crippen LogP contribution in [0.25, 0.3) is 11.6 Å². The van der Waals surface area contributed by atoms with E-state index in [9.17, 15) is 0 Å². The van der Waals surface area contributed by atoms with Crippen molar-refractivity contribution < 1.29 is 4.74 Å². The van der Waals surface area contributed by atoms with Crippen LogP contribution in [0.2, 0.25) is 10.0 Å². The number of halogens is 2. The molecule has 134 valence electrons. The van der Waals surface area contributed by atoms with Crippen LogP contribution in [0.1, 0.15) is 30.3 Å². The number of pyridine rings is 1. The molecule has 0 saturated carbocycles. The van der Waals surface area contributed by atoms with Gasteiger partial charge in [0.15, 0.2) is 0 Å². The van der Waals surface area contributed by atoms with Gasteiger partial charge in [0.2, 0.25) is 0 Å². The van der Waals surface area contributed by atoms with Crippen LogP contribution in [0.5, 0.6) is 5.75 Å². The van der Waals surface area contributed by atoms with Gasteiger partial charge in [0.1, 0.15) is 11.4 Å². The van der Waals surface area contributed by atoms with Crippen molar-refractivity contribution in [2.24, 2.45) is 0 Å². The highest BCUT2D eigenvalue weighted by Crippen LogP contribution is 2.27. The SMILES string of the molecule is C/C(=C\c1nc(C)ccc1OCCCN(C)C)c1cc(Cl)cc(Cl)c1. The Morgan fingerprint density at radius 3 is 2.48 bits per heavy atom. The minimum atomic E-state index is 0.618. The minimum Gasteiger partial charge on any atom is -0.491 e. The van der Waals surface area contributed by atoms with Crippen molar-refractivity contribution in [2.75, 3.05) is 27.2 Å². The summed E-state index contributed by atoms with van der Waals surface area (Å²) >= 11 is 12.2. The minimum absolute atomic E-state index is 0.618. The summed E-state index contributed by atoms with van der Waals surface area (Å²) in [5, 5.41) is 1.24. The zero-order valence-electron chi connectivity index (χ0n) is 15.1. The normalized spacial score (nSPS) is 11.9. The van der Waals surface area contributed by atoms with E-state index in [2.05, 4.69) is 24.0 Å². The average Bonchev–Trinajstić information content (AvgIpc) is 2.52. The maximum Gasteiger partial charge on any atom is 0.144 e. The summed E-state index contributed by atoms with van der Waals surface area (Å²) in [6, 6.07) is 9.45. The number of hydrogen-bond donors (Lipinski definition) is 0. The van der Waals surface area contributed by atoms with Crippen molar-refractivity contribution in [3.8, 4) is 5.75 Å². The molecule has 0 radical (unpaired) electrons. The fraction of sp³-hybridized carbons (Fsp3) is 0.350. The summed E-state index contributed by atoms with van der Waals surface area (Å²) < 4.78 is 5.94. The number of benzene rings is 1. The zero-order chi connectivity index (χ0) is 18.4. The second-order valence-corrected chi connectivity index (χ2v) is 7.20. The van der Waals surface area contributed by atoms with E-state index < -0.39 is 0 Å². The fourth-order valence-electron chi connectivity index (χ4n) is 2.42. The van der Waals surface area contributed by atoms with Crippen LogP contribution >= 0.6 is 23.2 Å². The lowest BCUT2D eigenvalue weighted by Crippen LogP contribution is -2.15. The third-order valence-electron chi connectivity index (χ3n) is 3.70. The van der Waals surface area contributed by atoms with Crippen molar-refractivity contribution in [3.63, 3.8) is 0 Å². The molecule has 5 heteroatoms. The summed E-state index contributed by atoms with van der Waals surface area (Å²) in [5.41, 5.74) is 3.77. The summed E-state index contributed by atoms with van der Waals surface area (Å²) in [6.45, 7) is 5.64. The number of aryl methyl sites for hydroxylation is 1. The molecule has 2 rings (SSSR count). The summed E-state index contributed by atoms with van der Waals surface area (Å²) in [7, 11) is 4.11. The Hall–Kier alpha value is -1.55. The largest absolute Gasteiger partial charge is 0.491 e. The van der Waals surface area contributed by atoms with Crippen LogP contribution < -0.4 is 4.74 Å². The fourth-order valence-corrected chi connectivity index (χ4v) is 2.95. The molecule has 0 atom stereocenters. The molecule has 0 N–H and O–H groups in total. The Bertz CT molecular complexity index is 737. The zero-order valence-corrected chi connectivity index (χ0v) is 16.7. The Morgan fingerprint density at radius 1 is 1.16 bits per heavy atom. The van der Waals surface area contributed by atoms with Gasteiger partial charge in [0.25, 0.3) is 0 Å². The van der Waals surface area contributed by atoms with Crippen molar-refractivity contribution in [1.29, 1.82) is 0 Å². The van der Waals surface area contributed by atoms with E-state index in [1.54, 1.807) is 6.07 Å². The first-order chi connectivity index (χ1) is 11.8. The molecule has 0 amide bonds. The lowest BCUT2D eigenvalue weighted by atomic mass is 10.1. The molecule has 0 aliphatic carbocycles. The molecule has 1 aromatic heterocycles. The Balaban J connectivity index is 2.23. The molecule has 1 heterocycles. The standard InChI is InChI=1S/C20H24Cl2N2O/c1-14(16-11-17(21)13-18(22)12-16)10-19-20(7-6-15(2)23-19)25-9-5-8-24(3)4/h6-7,10-13H,5,8-9H2,1-4H3/b14-10+. The quantitative estimate of drug-likeness (QED) is 0.587. The van der Waals surface area contributed by atoms with E-state index in [1.807, 2.05) is 44.2 Å². The molecular weight excluding hydrogens is 355 g/mol. The molecular formula is C20H24Cl2N2O. The molecule has 25 heavy (non-hydrogen) atoms.